The molecule has 0 aliphatic carbocycles. The highest BCUT2D eigenvalue weighted by Gasteiger charge is 2.11. The van der Waals surface area contributed by atoms with Gasteiger partial charge in [-0.3, -0.25) is 4.79 Å². The number of amides is 1. The minimum Gasteiger partial charge on any atom is -0.493 e. The first-order valence-electron chi connectivity index (χ1n) is 6.36. The van der Waals surface area contributed by atoms with Crippen molar-refractivity contribution in [3.63, 3.8) is 0 Å². The topological polar surface area (TPSA) is 47.6 Å². The van der Waals surface area contributed by atoms with Crippen LogP contribution in [0.5, 0.6) is 11.5 Å². The summed E-state index contributed by atoms with van der Waals surface area (Å²) in [5, 5.41) is 4.87. The van der Waals surface area contributed by atoms with Crippen LogP contribution in [0.25, 0.3) is 0 Å². The van der Waals surface area contributed by atoms with E-state index < -0.39 is 0 Å². The second kappa shape index (κ2) is 6.96. The Morgan fingerprint density at radius 2 is 2.15 bits per heavy atom. The molecule has 2 rings (SSSR count). The molecule has 0 atom stereocenters. The van der Waals surface area contributed by atoms with Crippen LogP contribution in [0.4, 0.5) is 0 Å². The zero-order chi connectivity index (χ0) is 14.4. The Hall–Kier alpha value is -2.01. The number of methoxy groups -OCH3 is 1. The van der Waals surface area contributed by atoms with Crippen LogP contribution in [-0.4, -0.2) is 19.6 Å². The lowest BCUT2D eigenvalue weighted by atomic mass is 10.2. The number of nitrogens with one attached hydrogen (secondary N) is 1. The van der Waals surface area contributed by atoms with Crippen molar-refractivity contribution in [1.29, 1.82) is 0 Å². The van der Waals surface area contributed by atoms with Gasteiger partial charge >= 0.3 is 0 Å². The third-order valence-corrected chi connectivity index (χ3v) is 3.61. The van der Waals surface area contributed by atoms with Crippen molar-refractivity contribution < 1.29 is 14.3 Å². The molecule has 0 saturated heterocycles. The summed E-state index contributed by atoms with van der Waals surface area (Å²) in [5.74, 6) is 1.09. The van der Waals surface area contributed by atoms with E-state index in [1.54, 1.807) is 36.6 Å². The van der Waals surface area contributed by atoms with Gasteiger partial charge in [0, 0.05) is 10.4 Å². The van der Waals surface area contributed by atoms with E-state index in [4.69, 9.17) is 9.47 Å². The number of hydrogen-bond donors (Lipinski definition) is 1. The minimum atomic E-state index is -0.123. The Morgan fingerprint density at radius 1 is 1.30 bits per heavy atom. The lowest BCUT2D eigenvalue weighted by Gasteiger charge is -2.11. The largest absolute Gasteiger partial charge is 0.493 e. The third-order valence-electron chi connectivity index (χ3n) is 2.73. The first-order valence-corrected chi connectivity index (χ1v) is 7.24. The fourth-order valence-electron chi connectivity index (χ4n) is 1.77. The van der Waals surface area contributed by atoms with Crippen LogP contribution in [0.3, 0.4) is 0 Å². The molecule has 0 aliphatic heterocycles. The maximum atomic E-state index is 12.1. The maximum Gasteiger partial charge on any atom is 0.251 e. The van der Waals surface area contributed by atoms with Crippen LogP contribution in [0, 0.1) is 0 Å². The summed E-state index contributed by atoms with van der Waals surface area (Å²) in [6, 6.07) is 9.12. The number of ether oxygens (including phenoxy) is 2. The average Bonchev–Trinajstić information content (AvgIpc) is 2.98. The number of thiophene rings is 1. The quantitative estimate of drug-likeness (QED) is 0.889. The normalized spacial score (nSPS) is 10.1. The summed E-state index contributed by atoms with van der Waals surface area (Å²) in [5.41, 5.74) is 0.561. The van der Waals surface area contributed by atoms with Gasteiger partial charge < -0.3 is 14.8 Å². The molecule has 1 heterocycles. The van der Waals surface area contributed by atoms with Gasteiger partial charge in [0.1, 0.15) is 0 Å². The van der Waals surface area contributed by atoms with E-state index in [9.17, 15) is 4.79 Å². The van der Waals surface area contributed by atoms with E-state index in [-0.39, 0.29) is 5.91 Å². The summed E-state index contributed by atoms with van der Waals surface area (Å²) in [6.45, 7) is 2.95. The molecule has 5 heteroatoms. The Morgan fingerprint density at radius 3 is 2.80 bits per heavy atom. The Balaban J connectivity index is 2.07. The van der Waals surface area contributed by atoms with E-state index >= 15 is 0 Å². The van der Waals surface area contributed by atoms with Crippen molar-refractivity contribution in [2.24, 2.45) is 0 Å². The molecule has 20 heavy (non-hydrogen) atoms. The van der Waals surface area contributed by atoms with Crippen molar-refractivity contribution in [2.45, 2.75) is 13.5 Å². The van der Waals surface area contributed by atoms with E-state index in [0.29, 0.717) is 30.2 Å². The predicted octanol–water partition coefficient (Wildman–Crippen LogP) is 3.09. The summed E-state index contributed by atoms with van der Waals surface area (Å²) < 4.78 is 10.7. The Kier molecular flexibility index (Phi) is 5.01. The molecule has 2 aromatic rings. The molecular weight excluding hydrogens is 274 g/mol. The van der Waals surface area contributed by atoms with Crippen molar-refractivity contribution in [2.75, 3.05) is 13.7 Å². The van der Waals surface area contributed by atoms with Gasteiger partial charge in [0.25, 0.3) is 5.91 Å². The molecule has 106 valence electrons. The lowest BCUT2D eigenvalue weighted by Crippen LogP contribution is -2.22. The molecule has 4 nitrogen and oxygen atoms in total. The first-order chi connectivity index (χ1) is 9.74. The van der Waals surface area contributed by atoms with Crippen molar-refractivity contribution in [3.05, 3.63) is 46.2 Å². The molecule has 0 spiro atoms. The molecule has 0 radical (unpaired) electrons. The Bertz CT molecular complexity index is 567. The van der Waals surface area contributed by atoms with E-state index in [2.05, 4.69) is 5.32 Å². The second-order valence-electron chi connectivity index (χ2n) is 4.06. The average molecular weight is 291 g/mol. The highest BCUT2D eigenvalue weighted by Crippen LogP contribution is 2.28. The van der Waals surface area contributed by atoms with Crippen molar-refractivity contribution in [3.8, 4) is 11.5 Å². The molecule has 0 aliphatic rings. The third kappa shape index (κ3) is 3.51. The highest BCUT2D eigenvalue weighted by molar-refractivity contribution is 7.09. The van der Waals surface area contributed by atoms with E-state index in [1.807, 2.05) is 24.4 Å². The van der Waals surface area contributed by atoms with Gasteiger partial charge in [0.2, 0.25) is 0 Å². The maximum absolute atomic E-state index is 12.1. The number of benzene rings is 1. The van der Waals surface area contributed by atoms with Gasteiger partial charge in [-0.25, -0.2) is 0 Å². The van der Waals surface area contributed by atoms with Crippen LogP contribution < -0.4 is 14.8 Å². The van der Waals surface area contributed by atoms with Gasteiger partial charge in [-0.15, -0.1) is 11.3 Å². The van der Waals surface area contributed by atoms with Crippen LogP contribution in [0.2, 0.25) is 0 Å². The summed E-state index contributed by atoms with van der Waals surface area (Å²) in [4.78, 5) is 13.2. The summed E-state index contributed by atoms with van der Waals surface area (Å²) in [7, 11) is 1.58. The van der Waals surface area contributed by atoms with Crippen LogP contribution in [0.1, 0.15) is 22.2 Å². The summed E-state index contributed by atoms with van der Waals surface area (Å²) >= 11 is 1.62. The SMILES string of the molecule is CCOc1cc(C(=O)NCc2cccs2)ccc1OC. The molecular formula is C15H17NO3S. The van der Waals surface area contributed by atoms with E-state index in [0.717, 1.165) is 4.88 Å². The molecule has 1 N–H and O–H groups in total. The lowest BCUT2D eigenvalue weighted by molar-refractivity contribution is 0.0951. The molecule has 1 aromatic heterocycles. The molecule has 0 saturated carbocycles. The van der Waals surface area contributed by atoms with Crippen LogP contribution in [-0.2, 0) is 6.54 Å². The summed E-state index contributed by atoms with van der Waals surface area (Å²) in [6.07, 6.45) is 0. The van der Waals surface area contributed by atoms with Crippen molar-refractivity contribution in [1.82, 2.24) is 5.32 Å². The van der Waals surface area contributed by atoms with Crippen LogP contribution in [0.15, 0.2) is 35.7 Å². The predicted molar refractivity (Wildman–Crippen MR) is 79.7 cm³/mol. The number of carbonyl (C=O) groups excluding carboxylic acids is 1. The zero-order valence-electron chi connectivity index (χ0n) is 11.5. The molecule has 0 bridgehead atoms. The zero-order valence-corrected chi connectivity index (χ0v) is 12.3. The fraction of sp³-hybridized carbons (Fsp3) is 0.267. The molecule has 1 amide bonds. The second-order valence-corrected chi connectivity index (χ2v) is 5.09. The van der Waals surface area contributed by atoms with Gasteiger partial charge in [-0.2, -0.15) is 0 Å². The fourth-order valence-corrected chi connectivity index (χ4v) is 2.41. The number of rotatable bonds is 6. The van der Waals surface area contributed by atoms with Gasteiger partial charge in [-0.1, -0.05) is 6.07 Å². The first kappa shape index (κ1) is 14.4. The smallest absolute Gasteiger partial charge is 0.251 e. The number of hydrogen-bond acceptors (Lipinski definition) is 4. The minimum absolute atomic E-state index is 0.123. The molecule has 0 unspecified atom stereocenters. The molecule has 1 aromatic carbocycles. The van der Waals surface area contributed by atoms with Gasteiger partial charge in [0.15, 0.2) is 11.5 Å². The number of carbonyl (C=O) groups is 1. The standard InChI is InChI=1S/C15H17NO3S/c1-3-19-14-9-11(6-7-13(14)18-2)15(17)16-10-12-5-4-8-20-12/h4-9H,3,10H2,1-2H3,(H,16,17). The van der Waals surface area contributed by atoms with Gasteiger partial charge in [0.05, 0.1) is 20.3 Å². The van der Waals surface area contributed by atoms with Gasteiger partial charge in [-0.05, 0) is 36.6 Å². The highest BCUT2D eigenvalue weighted by atomic mass is 32.1. The van der Waals surface area contributed by atoms with Crippen LogP contribution >= 0.6 is 11.3 Å². The van der Waals surface area contributed by atoms with Crippen molar-refractivity contribution >= 4 is 17.2 Å². The Labute approximate surface area is 122 Å². The monoisotopic (exact) mass is 291 g/mol. The van der Waals surface area contributed by atoms with E-state index in [1.165, 1.54) is 0 Å². The molecule has 0 fully saturated rings.